The lowest BCUT2D eigenvalue weighted by molar-refractivity contribution is 0.477. The van der Waals surface area contributed by atoms with E-state index in [0.29, 0.717) is 23.3 Å². The standard InChI is InChI=1S/C12H13BrClN3O/c1-2-5-15-7-11-16-17-12(18-11)9-6-8(13)3-4-10(9)14/h3-4,6,15H,2,5,7H2,1H3. The van der Waals surface area contributed by atoms with Crippen molar-refractivity contribution in [3.05, 3.63) is 33.6 Å². The van der Waals surface area contributed by atoms with E-state index in [1.54, 1.807) is 6.07 Å². The maximum absolute atomic E-state index is 6.10. The lowest BCUT2D eigenvalue weighted by Gasteiger charge is -1.99. The van der Waals surface area contributed by atoms with E-state index in [4.69, 9.17) is 16.0 Å². The normalized spacial score (nSPS) is 10.8. The zero-order chi connectivity index (χ0) is 13.0. The summed E-state index contributed by atoms with van der Waals surface area (Å²) in [6, 6.07) is 5.52. The van der Waals surface area contributed by atoms with Crippen LogP contribution in [0.2, 0.25) is 5.02 Å². The average Bonchev–Trinajstić information content (AvgIpc) is 2.81. The lowest BCUT2D eigenvalue weighted by Crippen LogP contribution is -2.13. The minimum Gasteiger partial charge on any atom is -0.419 e. The molecule has 0 amide bonds. The van der Waals surface area contributed by atoms with Crippen LogP contribution >= 0.6 is 27.5 Å². The van der Waals surface area contributed by atoms with Crippen LogP contribution in [0.15, 0.2) is 27.1 Å². The zero-order valence-electron chi connectivity index (χ0n) is 9.91. The Bertz CT molecular complexity index is 530. The van der Waals surface area contributed by atoms with Crippen LogP contribution in [0.3, 0.4) is 0 Å². The molecule has 0 unspecified atom stereocenters. The molecule has 0 aliphatic carbocycles. The Labute approximate surface area is 119 Å². The number of nitrogens with zero attached hydrogens (tertiary/aromatic N) is 2. The highest BCUT2D eigenvalue weighted by atomic mass is 79.9. The van der Waals surface area contributed by atoms with Crippen molar-refractivity contribution in [2.45, 2.75) is 19.9 Å². The number of rotatable bonds is 5. The second kappa shape index (κ2) is 6.31. The van der Waals surface area contributed by atoms with Crippen LogP contribution in [0, 0.1) is 0 Å². The van der Waals surface area contributed by atoms with Crippen molar-refractivity contribution in [3.8, 4) is 11.5 Å². The highest BCUT2D eigenvalue weighted by Gasteiger charge is 2.12. The number of hydrogen-bond donors (Lipinski definition) is 1. The summed E-state index contributed by atoms with van der Waals surface area (Å²) in [5.74, 6) is 1.00. The molecule has 1 aromatic heterocycles. The molecular weight excluding hydrogens is 318 g/mol. The van der Waals surface area contributed by atoms with Gasteiger partial charge in [-0.3, -0.25) is 0 Å². The van der Waals surface area contributed by atoms with E-state index in [1.165, 1.54) is 0 Å². The van der Waals surface area contributed by atoms with E-state index in [9.17, 15) is 0 Å². The van der Waals surface area contributed by atoms with Crippen molar-refractivity contribution < 1.29 is 4.42 Å². The molecule has 2 rings (SSSR count). The third-order valence-electron chi connectivity index (χ3n) is 2.33. The van der Waals surface area contributed by atoms with Gasteiger partial charge in [0.25, 0.3) is 0 Å². The van der Waals surface area contributed by atoms with Gasteiger partial charge >= 0.3 is 0 Å². The Hall–Kier alpha value is -0.910. The Morgan fingerprint density at radius 2 is 2.22 bits per heavy atom. The topological polar surface area (TPSA) is 51.0 Å². The number of aromatic nitrogens is 2. The Morgan fingerprint density at radius 1 is 1.39 bits per heavy atom. The van der Waals surface area contributed by atoms with Crippen molar-refractivity contribution in [1.29, 1.82) is 0 Å². The Morgan fingerprint density at radius 3 is 3.00 bits per heavy atom. The van der Waals surface area contributed by atoms with Gasteiger partial charge in [0, 0.05) is 4.47 Å². The summed E-state index contributed by atoms with van der Waals surface area (Å²) in [7, 11) is 0. The number of benzene rings is 1. The van der Waals surface area contributed by atoms with Gasteiger partial charge in [-0.1, -0.05) is 34.5 Å². The summed E-state index contributed by atoms with van der Waals surface area (Å²) in [5, 5.41) is 11.8. The van der Waals surface area contributed by atoms with Crippen LogP contribution in [-0.2, 0) is 6.54 Å². The van der Waals surface area contributed by atoms with Gasteiger partial charge in [0.15, 0.2) is 0 Å². The van der Waals surface area contributed by atoms with E-state index in [-0.39, 0.29) is 0 Å². The lowest BCUT2D eigenvalue weighted by atomic mass is 10.2. The molecule has 0 aliphatic heterocycles. The highest BCUT2D eigenvalue weighted by Crippen LogP contribution is 2.29. The predicted octanol–water partition coefficient (Wildman–Crippen LogP) is 3.65. The van der Waals surface area contributed by atoms with E-state index < -0.39 is 0 Å². The summed E-state index contributed by atoms with van der Waals surface area (Å²) >= 11 is 9.49. The first-order chi connectivity index (χ1) is 8.70. The maximum atomic E-state index is 6.10. The van der Waals surface area contributed by atoms with Crippen molar-refractivity contribution in [3.63, 3.8) is 0 Å². The third kappa shape index (κ3) is 3.31. The smallest absolute Gasteiger partial charge is 0.249 e. The second-order valence-corrected chi connectivity index (χ2v) is 5.12. The second-order valence-electron chi connectivity index (χ2n) is 3.80. The van der Waals surface area contributed by atoms with Crippen molar-refractivity contribution in [1.82, 2.24) is 15.5 Å². The van der Waals surface area contributed by atoms with Crippen molar-refractivity contribution >= 4 is 27.5 Å². The van der Waals surface area contributed by atoms with Gasteiger partial charge in [-0.15, -0.1) is 10.2 Å². The molecule has 1 heterocycles. The summed E-state index contributed by atoms with van der Waals surface area (Å²) in [5.41, 5.74) is 0.736. The largest absolute Gasteiger partial charge is 0.419 e. The number of hydrogen-bond acceptors (Lipinski definition) is 4. The van der Waals surface area contributed by atoms with E-state index >= 15 is 0 Å². The fraction of sp³-hybridized carbons (Fsp3) is 0.333. The molecule has 0 radical (unpaired) electrons. The quantitative estimate of drug-likeness (QED) is 0.850. The van der Waals surface area contributed by atoms with Crippen LogP contribution in [-0.4, -0.2) is 16.7 Å². The molecule has 0 saturated carbocycles. The van der Waals surface area contributed by atoms with Gasteiger partial charge in [-0.25, -0.2) is 0 Å². The van der Waals surface area contributed by atoms with Gasteiger partial charge in [0.1, 0.15) is 0 Å². The van der Waals surface area contributed by atoms with Crippen LogP contribution < -0.4 is 5.32 Å². The molecule has 0 spiro atoms. The van der Waals surface area contributed by atoms with E-state index in [2.05, 4.69) is 38.4 Å². The SMILES string of the molecule is CCCNCc1nnc(-c2cc(Br)ccc2Cl)o1. The molecule has 1 aromatic carbocycles. The van der Waals surface area contributed by atoms with Gasteiger partial charge in [0.05, 0.1) is 17.1 Å². The minimum atomic E-state index is 0.439. The van der Waals surface area contributed by atoms with Crippen LogP contribution in [0.4, 0.5) is 0 Å². The summed E-state index contributed by atoms with van der Waals surface area (Å²) in [4.78, 5) is 0. The van der Waals surface area contributed by atoms with Gasteiger partial charge in [-0.05, 0) is 31.2 Å². The first kappa shape index (κ1) is 13.5. The number of nitrogens with one attached hydrogen (secondary N) is 1. The minimum absolute atomic E-state index is 0.439. The van der Waals surface area contributed by atoms with Crippen molar-refractivity contribution in [2.75, 3.05) is 6.54 Å². The highest BCUT2D eigenvalue weighted by molar-refractivity contribution is 9.10. The van der Waals surface area contributed by atoms with Crippen LogP contribution in [0.5, 0.6) is 0 Å². The molecule has 0 atom stereocenters. The first-order valence-electron chi connectivity index (χ1n) is 5.69. The molecule has 96 valence electrons. The van der Waals surface area contributed by atoms with Gasteiger partial charge < -0.3 is 9.73 Å². The first-order valence-corrected chi connectivity index (χ1v) is 6.86. The summed E-state index contributed by atoms with van der Waals surface area (Å²) in [6.07, 6.45) is 1.07. The predicted molar refractivity (Wildman–Crippen MR) is 74.4 cm³/mol. The van der Waals surface area contributed by atoms with Gasteiger partial charge in [0.2, 0.25) is 11.8 Å². The molecule has 6 heteroatoms. The Balaban J connectivity index is 2.16. The molecule has 0 saturated heterocycles. The molecule has 0 aliphatic rings. The molecule has 0 fully saturated rings. The fourth-order valence-electron chi connectivity index (χ4n) is 1.47. The Kier molecular flexibility index (Phi) is 4.74. The monoisotopic (exact) mass is 329 g/mol. The van der Waals surface area contributed by atoms with Gasteiger partial charge in [-0.2, -0.15) is 0 Å². The van der Waals surface area contributed by atoms with Crippen LogP contribution in [0.1, 0.15) is 19.2 Å². The molecule has 0 bridgehead atoms. The number of halogens is 2. The summed E-state index contributed by atoms with van der Waals surface area (Å²) in [6.45, 7) is 3.61. The average molecular weight is 331 g/mol. The molecular formula is C12H13BrClN3O. The maximum Gasteiger partial charge on any atom is 0.249 e. The fourth-order valence-corrected chi connectivity index (χ4v) is 2.03. The zero-order valence-corrected chi connectivity index (χ0v) is 12.3. The molecule has 1 N–H and O–H groups in total. The third-order valence-corrected chi connectivity index (χ3v) is 3.15. The van der Waals surface area contributed by atoms with E-state index in [0.717, 1.165) is 23.0 Å². The van der Waals surface area contributed by atoms with E-state index in [1.807, 2.05) is 12.1 Å². The molecule has 4 nitrogen and oxygen atoms in total. The molecule has 18 heavy (non-hydrogen) atoms. The van der Waals surface area contributed by atoms with Crippen LogP contribution in [0.25, 0.3) is 11.5 Å². The van der Waals surface area contributed by atoms with Crippen molar-refractivity contribution in [2.24, 2.45) is 0 Å². The molecule has 2 aromatic rings. The summed E-state index contributed by atoms with van der Waals surface area (Å²) < 4.78 is 6.48.